The maximum atomic E-state index is 13.5. The van der Waals surface area contributed by atoms with E-state index in [2.05, 4.69) is 32.5 Å². The normalized spacial score (nSPS) is 15.1. The molecule has 1 aliphatic heterocycles. The van der Waals surface area contributed by atoms with Crippen LogP contribution in [0.25, 0.3) is 22.4 Å². The molecular weight excluding hydrogens is 444 g/mol. The number of methoxy groups -OCH3 is 1. The van der Waals surface area contributed by atoms with E-state index in [0.717, 1.165) is 30.0 Å². The molecule has 180 valence electrons. The molecule has 3 heterocycles. The molecule has 8 nitrogen and oxygen atoms in total. The third kappa shape index (κ3) is 4.89. The molecule has 0 unspecified atom stereocenters. The third-order valence-corrected chi connectivity index (χ3v) is 6.37. The Morgan fingerprint density at radius 2 is 1.86 bits per heavy atom. The Morgan fingerprint density at radius 3 is 2.57 bits per heavy atom. The quantitative estimate of drug-likeness (QED) is 0.435. The Morgan fingerprint density at radius 1 is 1.11 bits per heavy atom. The van der Waals surface area contributed by atoms with Crippen molar-refractivity contribution in [3.8, 4) is 17.0 Å². The van der Waals surface area contributed by atoms with Gasteiger partial charge in [-0.05, 0) is 42.8 Å². The van der Waals surface area contributed by atoms with Gasteiger partial charge >= 0.3 is 0 Å². The Bertz CT molecular complexity index is 1300. The summed E-state index contributed by atoms with van der Waals surface area (Å²) in [6, 6.07) is 19.6. The second-order valence-corrected chi connectivity index (χ2v) is 8.52. The molecule has 2 aromatic heterocycles. The average Bonchev–Trinajstić information content (AvgIpc) is 3.30. The standard InChI is InChI=1S/C27H28N4O4/c1-18-25-22(16-23(29-27(25)35-30-18)19-8-10-21(33-2)11-9-19)26(32)28-17-24(20-6-4-3-5-7-20)31-12-14-34-15-13-31/h3-11,16,24H,12-15,17H2,1-2H3,(H,28,32)/t24-/m0/s1. The maximum absolute atomic E-state index is 13.5. The van der Waals surface area contributed by atoms with E-state index in [1.54, 1.807) is 13.2 Å². The van der Waals surface area contributed by atoms with Gasteiger partial charge in [0.05, 0.1) is 48.7 Å². The van der Waals surface area contributed by atoms with E-state index in [4.69, 9.17) is 14.0 Å². The van der Waals surface area contributed by atoms with Gasteiger partial charge < -0.3 is 19.3 Å². The molecule has 5 rings (SSSR count). The molecule has 4 aromatic rings. The highest BCUT2D eigenvalue weighted by molar-refractivity contribution is 6.07. The van der Waals surface area contributed by atoms with E-state index >= 15 is 0 Å². The van der Waals surface area contributed by atoms with Crippen LogP contribution in [0.2, 0.25) is 0 Å². The van der Waals surface area contributed by atoms with Gasteiger partial charge in [-0.15, -0.1) is 0 Å². The van der Waals surface area contributed by atoms with Crippen molar-refractivity contribution in [2.45, 2.75) is 13.0 Å². The van der Waals surface area contributed by atoms with Crippen LogP contribution in [0.3, 0.4) is 0 Å². The van der Waals surface area contributed by atoms with Crippen LogP contribution in [0.1, 0.15) is 27.7 Å². The number of morpholine rings is 1. The van der Waals surface area contributed by atoms with E-state index in [0.29, 0.717) is 47.8 Å². The number of nitrogens with one attached hydrogen (secondary N) is 1. The number of fused-ring (bicyclic) bond motifs is 1. The molecule has 1 fully saturated rings. The first kappa shape index (κ1) is 23.0. The molecule has 2 aromatic carbocycles. The highest BCUT2D eigenvalue weighted by Gasteiger charge is 2.25. The van der Waals surface area contributed by atoms with Gasteiger partial charge in [0.25, 0.3) is 11.6 Å². The fourth-order valence-electron chi connectivity index (χ4n) is 4.49. The molecule has 0 aliphatic carbocycles. The Hall–Kier alpha value is -3.75. The molecule has 1 saturated heterocycles. The van der Waals surface area contributed by atoms with Crippen molar-refractivity contribution >= 4 is 17.0 Å². The lowest BCUT2D eigenvalue weighted by Gasteiger charge is -2.35. The number of carbonyl (C=O) groups is 1. The molecule has 1 atom stereocenters. The van der Waals surface area contributed by atoms with Gasteiger partial charge in [-0.25, -0.2) is 4.98 Å². The predicted octanol–water partition coefficient (Wildman–Crippen LogP) is 4.01. The molecular formula is C27H28N4O4. The van der Waals surface area contributed by atoms with Crippen LogP contribution in [0.4, 0.5) is 0 Å². The Balaban J connectivity index is 1.44. The van der Waals surface area contributed by atoms with E-state index < -0.39 is 0 Å². The summed E-state index contributed by atoms with van der Waals surface area (Å²) >= 11 is 0. The number of hydrogen-bond donors (Lipinski definition) is 1. The van der Waals surface area contributed by atoms with Gasteiger partial charge in [-0.1, -0.05) is 35.5 Å². The zero-order valence-electron chi connectivity index (χ0n) is 19.9. The minimum atomic E-state index is -0.187. The van der Waals surface area contributed by atoms with Crippen molar-refractivity contribution < 1.29 is 18.8 Å². The molecule has 0 bridgehead atoms. The van der Waals surface area contributed by atoms with Gasteiger partial charge in [0.15, 0.2) is 0 Å². The van der Waals surface area contributed by atoms with Gasteiger partial charge in [0.2, 0.25) is 0 Å². The number of carbonyl (C=O) groups excluding carboxylic acids is 1. The van der Waals surface area contributed by atoms with E-state index in [1.807, 2.05) is 49.4 Å². The zero-order valence-corrected chi connectivity index (χ0v) is 19.9. The summed E-state index contributed by atoms with van der Waals surface area (Å²) in [7, 11) is 1.62. The summed E-state index contributed by atoms with van der Waals surface area (Å²) in [5.74, 6) is 0.561. The van der Waals surface area contributed by atoms with Gasteiger partial charge in [-0.3, -0.25) is 9.69 Å². The maximum Gasteiger partial charge on any atom is 0.259 e. The van der Waals surface area contributed by atoms with Crippen molar-refractivity contribution in [3.63, 3.8) is 0 Å². The highest BCUT2D eigenvalue weighted by atomic mass is 16.5. The second-order valence-electron chi connectivity index (χ2n) is 8.52. The SMILES string of the molecule is COc1ccc(-c2cc(C(=O)NC[C@@H](c3ccccc3)N3CCOCC3)c3c(C)noc3n2)cc1. The summed E-state index contributed by atoms with van der Waals surface area (Å²) < 4.78 is 16.2. The predicted molar refractivity (Wildman–Crippen MR) is 132 cm³/mol. The molecule has 0 radical (unpaired) electrons. The molecule has 1 amide bonds. The van der Waals surface area contributed by atoms with Crippen LogP contribution in [0.5, 0.6) is 5.75 Å². The molecule has 0 saturated carbocycles. The van der Waals surface area contributed by atoms with Crippen molar-refractivity contribution in [1.82, 2.24) is 20.4 Å². The third-order valence-electron chi connectivity index (χ3n) is 6.37. The monoisotopic (exact) mass is 472 g/mol. The van der Waals surface area contributed by atoms with E-state index in [-0.39, 0.29) is 11.9 Å². The minimum Gasteiger partial charge on any atom is -0.497 e. The number of ether oxygens (including phenoxy) is 2. The first-order chi connectivity index (χ1) is 17.1. The largest absolute Gasteiger partial charge is 0.497 e. The smallest absolute Gasteiger partial charge is 0.259 e. The van der Waals surface area contributed by atoms with Crippen molar-refractivity contribution in [2.75, 3.05) is 40.0 Å². The number of pyridine rings is 1. The van der Waals surface area contributed by atoms with Crippen LogP contribution < -0.4 is 10.1 Å². The van der Waals surface area contributed by atoms with Crippen LogP contribution in [0, 0.1) is 6.92 Å². The van der Waals surface area contributed by atoms with Gasteiger partial charge in [0.1, 0.15) is 5.75 Å². The van der Waals surface area contributed by atoms with Crippen molar-refractivity contribution in [1.29, 1.82) is 0 Å². The number of hydrogen-bond acceptors (Lipinski definition) is 7. The first-order valence-electron chi connectivity index (χ1n) is 11.7. The van der Waals surface area contributed by atoms with Crippen LogP contribution in [-0.4, -0.2) is 60.9 Å². The van der Waals surface area contributed by atoms with Crippen molar-refractivity contribution in [3.05, 3.63) is 77.5 Å². The Kier molecular flexibility index (Phi) is 6.74. The summed E-state index contributed by atoms with van der Waals surface area (Å²) in [6.07, 6.45) is 0. The summed E-state index contributed by atoms with van der Waals surface area (Å²) in [5.41, 5.74) is 4.11. The highest BCUT2D eigenvalue weighted by Crippen LogP contribution is 2.28. The molecule has 1 aliphatic rings. The second kappa shape index (κ2) is 10.2. The number of benzene rings is 2. The Labute approximate surface area is 203 Å². The van der Waals surface area contributed by atoms with E-state index in [9.17, 15) is 4.79 Å². The minimum absolute atomic E-state index is 0.0472. The van der Waals surface area contributed by atoms with Crippen LogP contribution >= 0.6 is 0 Å². The van der Waals surface area contributed by atoms with Gasteiger partial charge in [-0.2, -0.15) is 0 Å². The average molecular weight is 473 g/mol. The zero-order chi connectivity index (χ0) is 24.2. The summed E-state index contributed by atoms with van der Waals surface area (Å²) in [6.45, 7) is 5.30. The van der Waals surface area contributed by atoms with Crippen LogP contribution in [-0.2, 0) is 4.74 Å². The lowest BCUT2D eigenvalue weighted by atomic mass is 10.0. The van der Waals surface area contributed by atoms with E-state index in [1.165, 1.54) is 0 Å². The summed E-state index contributed by atoms with van der Waals surface area (Å²) in [5, 5.41) is 7.85. The topological polar surface area (TPSA) is 89.7 Å². The number of amides is 1. The fraction of sp³-hybridized carbons (Fsp3) is 0.296. The van der Waals surface area contributed by atoms with Crippen molar-refractivity contribution in [2.24, 2.45) is 0 Å². The first-order valence-corrected chi connectivity index (χ1v) is 11.7. The number of aryl methyl sites for hydroxylation is 1. The number of nitrogens with zero attached hydrogens (tertiary/aromatic N) is 3. The summed E-state index contributed by atoms with van der Waals surface area (Å²) in [4.78, 5) is 20.5. The molecule has 8 heteroatoms. The van der Waals surface area contributed by atoms with Crippen LogP contribution in [0.15, 0.2) is 65.2 Å². The lowest BCUT2D eigenvalue weighted by Crippen LogP contribution is -2.43. The molecule has 1 N–H and O–H groups in total. The number of aromatic nitrogens is 2. The fourth-order valence-corrected chi connectivity index (χ4v) is 4.49. The lowest BCUT2D eigenvalue weighted by molar-refractivity contribution is 0.0162. The molecule has 0 spiro atoms. The number of rotatable bonds is 7. The van der Waals surface area contributed by atoms with Gasteiger partial charge in [0, 0.05) is 25.2 Å². The molecule has 35 heavy (non-hydrogen) atoms.